The molecule has 0 aliphatic heterocycles. The Kier molecular flexibility index (Phi) is 9.05. The van der Waals surface area contributed by atoms with E-state index in [0.29, 0.717) is 32.6 Å². The Morgan fingerprint density at radius 1 is 1.00 bits per heavy atom. The maximum atomic E-state index is 12.1. The maximum absolute atomic E-state index is 12.1. The van der Waals surface area contributed by atoms with E-state index < -0.39 is 0 Å². The molecule has 0 radical (unpaired) electrons. The second-order valence-corrected chi connectivity index (χ2v) is 7.33. The highest BCUT2D eigenvalue weighted by Crippen LogP contribution is 2.29. The van der Waals surface area contributed by atoms with Gasteiger partial charge in [-0.15, -0.1) is 11.8 Å². The molecule has 0 fully saturated rings. The summed E-state index contributed by atoms with van der Waals surface area (Å²) in [5, 5.41) is 2.99. The molecule has 0 aliphatic carbocycles. The normalized spacial score (nSPS) is 10.5. The zero-order chi connectivity index (χ0) is 19.5. The van der Waals surface area contributed by atoms with Crippen LogP contribution >= 0.6 is 11.8 Å². The smallest absolute Gasteiger partial charge is 0.220 e. The van der Waals surface area contributed by atoms with Crippen molar-refractivity contribution in [2.75, 3.05) is 25.5 Å². The molecule has 0 aromatic heterocycles. The molecule has 146 valence electrons. The lowest BCUT2D eigenvalue weighted by atomic mass is 10.1. The van der Waals surface area contributed by atoms with E-state index in [9.17, 15) is 4.79 Å². The topological polar surface area (TPSA) is 47.6 Å². The van der Waals surface area contributed by atoms with Crippen molar-refractivity contribution in [2.24, 2.45) is 0 Å². The van der Waals surface area contributed by atoms with Crippen LogP contribution in [0.3, 0.4) is 0 Å². The number of rotatable bonds is 11. The Balaban J connectivity index is 1.73. The highest BCUT2D eigenvalue weighted by molar-refractivity contribution is 7.99. The van der Waals surface area contributed by atoms with Gasteiger partial charge < -0.3 is 14.8 Å². The minimum Gasteiger partial charge on any atom is -0.490 e. The monoisotopic (exact) mass is 387 g/mol. The maximum Gasteiger partial charge on any atom is 0.220 e. The van der Waals surface area contributed by atoms with Crippen LogP contribution in [-0.4, -0.2) is 31.4 Å². The molecule has 0 heterocycles. The summed E-state index contributed by atoms with van der Waals surface area (Å²) in [4.78, 5) is 13.3. The van der Waals surface area contributed by atoms with Gasteiger partial charge >= 0.3 is 0 Å². The number of nitrogens with one attached hydrogen (secondary N) is 1. The molecule has 2 aromatic rings. The standard InChI is InChI=1S/C22H29NO3S/c1-4-25-20-12-8-18(16-21(20)26-5-2)9-13-22(24)23-14-15-27-19-10-6-17(3)7-11-19/h6-8,10-12,16H,4-5,9,13-15H2,1-3H3,(H,23,24). The van der Waals surface area contributed by atoms with Crippen LogP contribution in [0.5, 0.6) is 11.5 Å². The van der Waals surface area contributed by atoms with Crippen LogP contribution in [0.25, 0.3) is 0 Å². The van der Waals surface area contributed by atoms with Crippen LogP contribution in [0, 0.1) is 6.92 Å². The highest BCUT2D eigenvalue weighted by Gasteiger charge is 2.08. The first-order valence-corrected chi connectivity index (χ1v) is 10.5. The minimum atomic E-state index is 0.0753. The Labute approximate surface area is 166 Å². The largest absolute Gasteiger partial charge is 0.490 e. The number of hydrogen-bond donors (Lipinski definition) is 1. The predicted molar refractivity (Wildman–Crippen MR) is 112 cm³/mol. The molecule has 4 nitrogen and oxygen atoms in total. The lowest BCUT2D eigenvalue weighted by Gasteiger charge is -2.12. The molecule has 0 spiro atoms. The van der Waals surface area contributed by atoms with Crippen molar-refractivity contribution in [1.29, 1.82) is 0 Å². The molecule has 1 amide bonds. The Morgan fingerprint density at radius 3 is 2.41 bits per heavy atom. The molecular weight excluding hydrogens is 358 g/mol. The number of amides is 1. The zero-order valence-electron chi connectivity index (χ0n) is 16.4. The quantitative estimate of drug-likeness (QED) is 0.451. The van der Waals surface area contributed by atoms with Crippen molar-refractivity contribution in [3.63, 3.8) is 0 Å². The van der Waals surface area contributed by atoms with Crippen LogP contribution in [0.15, 0.2) is 47.4 Å². The van der Waals surface area contributed by atoms with Crippen molar-refractivity contribution in [3.8, 4) is 11.5 Å². The Morgan fingerprint density at radius 2 is 1.70 bits per heavy atom. The fourth-order valence-corrected chi connectivity index (χ4v) is 3.36. The summed E-state index contributed by atoms with van der Waals surface area (Å²) in [6, 6.07) is 14.3. The van der Waals surface area contributed by atoms with Crippen LogP contribution in [0.2, 0.25) is 0 Å². The molecule has 27 heavy (non-hydrogen) atoms. The van der Waals surface area contributed by atoms with Crippen molar-refractivity contribution < 1.29 is 14.3 Å². The van der Waals surface area contributed by atoms with E-state index >= 15 is 0 Å². The van der Waals surface area contributed by atoms with Gasteiger partial charge in [0, 0.05) is 23.6 Å². The number of ether oxygens (including phenoxy) is 2. The average Bonchev–Trinajstić information content (AvgIpc) is 2.67. The first-order chi connectivity index (χ1) is 13.1. The number of benzene rings is 2. The number of carbonyl (C=O) groups is 1. The molecule has 0 saturated carbocycles. The number of carbonyl (C=O) groups excluding carboxylic acids is 1. The van der Waals surface area contributed by atoms with Gasteiger partial charge in [-0.25, -0.2) is 0 Å². The van der Waals surface area contributed by atoms with Crippen molar-refractivity contribution >= 4 is 17.7 Å². The van der Waals surface area contributed by atoms with Gasteiger partial charge in [0.05, 0.1) is 13.2 Å². The van der Waals surface area contributed by atoms with E-state index in [4.69, 9.17) is 9.47 Å². The fraction of sp³-hybridized carbons (Fsp3) is 0.409. The van der Waals surface area contributed by atoms with Gasteiger partial charge in [-0.05, 0) is 57.0 Å². The van der Waals surface area contributed by atoms with E-state index in [1.165, 1.54) is 10.5 Å². The fourth-order valence-electron chi connectivity index (χ4n) is 2.59. The summed E-state index contributed by atoms with van der Waals surface area (Å²) in [5.74, 6) is 2.44. The third kappa shape index (κ3) is 7.55. The summed E-state index contributed by atoms with van der Waals surface area (Å²) in [5.41, 5.74) is 2.33. The van der Waals surface area contributed by atoms with Gasteiger partial charge in [0.2, 0.25) is 5.91 Å². The Bertz CT molecular complexity index is 716. The third-order valence-corrected chi connectivity index (χ3v) is 4.98. The molecular formula is C22H29NO3S. The highest BCUT2D eigenvalue weighted by atomic mass is 32.2. The summed E-state index contributed by atoms with van der Waals surface area (Å²) in [6.07, 6.45) is 1.15. The first kappa shape index (κ1) is 21.2. The SMILES string of the molecule is CCOc1ccc(CCC(=O)NCCSc2ccc(C)cc2)cc1OCC. The van der Waals surface area contributed by atoms with E-state index in [1.807, 2.05) is 32.0 Å². The predicted octanol–water partition coefficient (Wildman–Crippen LogP) is 4.63. The first-order valence-electron chi connectivity index (χ1n) is 9.47. The number of thioether (sulfide) groups is 1. The van der Waals surface area contributed by atoms with Gasteiger partial charge in [-0.1, -0.05) is 23.8 Å². The molecule has 0 aliphatic rings. The average molecular weight is 388 g/mol. The lowest BCUT2D eigenvalue weighted by Crippen LogP contribution is -2.25. The van der Waals surface area contributed by atoms with Gasteiger partial charge in [-0.2, -0.15) is 0 Å². The van der Waals surface area contributed by atoms with E-state index in [1.54, 1.807) is 11.8 Å². The van der Waals surface area contributed by atoms with Crippen LogP contribution in [0.4, 0.5) is 0 Å². The Hall–Kier alpha value is -2.14. The second-order valence-electron chi connectivity index (χ2n) is 6.16. The molecule has 5 heteroatoms. The summed E-state index contributed by atoms with van der Waals surface area (Å²) in [7, 11) is 0. The molecule has 0 unspecified atom stereocenters. The molecule has 0 atom stereocenters. The van der Waals surface area contributed by atoms with Crippen molar-refractivity contribution in [1.82, 2.24) is 5.32 Å². The molecule has 0 bridgehead atoms. The van der Waals surface area contributed by atoms with E-state index in [-0.39, 0.29) is 5.91 Å². The summed E-state index contributed by atoms with van der Waals surface area (Å²) < 4.78 is 11.2. The van der Waals surface area contributed by atoms with E-state index in [0.717, 1.165) is 22.8 Å². The number of aryl methyl sites for hydroxylation is 2. The number of hydrogen-bond acceptors (Lipinski definition) is 4. The van der Waals surface area contributed by atoms with Gasteiger partial charge in [0.1, 0.15) is 0 Å². The van der Waals surface area contributed by atoms with Crippen LogP contribution in [-0.2, 0) is 11.2 Å². The molecule has 0 saturated heterocycles. The van der Waals surface area contributed by atoms with Crippen LogP contribution < -0.4 is 14.8 Å². The second kappa shape index (κ2) is 11.5. The van der Waals surface area contributed by atoms with Gasteiger partial charge in [-0.3, -0.25) is 4.79 Å². The summed E-state index contributed by atoms with van der Waals surface area (Å²) in [6.45, 7) is 7.84. The van der Waals surface area contributed by atoms with Gasteiger partial charge in [0.25, 0.3) is 0 Å². The summed E-state index contributed by atoms with van der Waals surface area (Å²) >= 11 is 1.75. The molecule has 1 N–H and O–H groups in total. The van der Waals surface area contributed by atoms with Crippen LogP contribution in [0.1, 0.15) is 31.4 Å². The van der Waals surface area contributed by atoms with E-state index in [2.05, 4.69) is 36.5 Å². The molecule has 2 rings (SSSR count). The minimum absolute atomic E-state index is 0.0753. The van der Waals surface area contributed by atoms with Gasteiger partial charge in [0.15, 0.2) is 11.5 Å². The third-order valence-electron chi connectivity index (χ3n) is 3.96. The van der Waals surface area contributed by atoms with Crippen molar-refractivity contribution in [3.05, 3.63) is 53.6 Å². The zero-order valence-corrected chi connectivity index (χ0v) is 17.2. The lowest BCUT2D eigenvalue weighted by molar-refractivity contribution is -0.120. The molecule has 2 aromatic carbocycles. The van der Waals surface area contributed by atoms with Crippen molar-refractivity contribution in [2.45, 2.75) is 38.5 Å².